The van der Waals surface area contributed by atoms with Gasteiger partial charge in [-0.15, -0.1) is 0 Å². The third-order valence-electron chi connectivity index (χ3n) is 5.47. The van der Waals surface area contributed by atoms with Gasteiger partial charge in [0.15, 0.2) is 11.5 Å². The van der Waals surface area contributed by atoms with Gasteiger partial charge in [0.05, 0.1) is 19.8 Å². The van der Waals surface area contributed by atoms with E-state index in [9.17, 15) is 19.2 Å². The van der Waals surface area contributed by atoms with Crippen LogP contribution in [0.2, 0.25) is 0 Å². The summed E-state index contributed by atoms with van der Waals surface area (Å²) in [4.78, 5) is 48.7. The summed E-state index contributed by atoms with van der Waals surface area (Å²) < 4.78 is 36.0. The fourth-order valence-corrected chi connectivity index (χ4v) is 3.25. The van der Waals surface area contributed by atoms with Crippen molar-refractivity contribution in [1.29, 1.82) is 0 Å². The average molecular weight is 598 g/mol. The van der Waals surface area contributed by atoms with E-state index in [1.807, 2.05) is 34.6 Å². The minimum Gasteiger partial charge on any atom is -0.461 e. The zero-order valence-electron chi connectivity index (χ0n) is 25.7. The molecule has 0 radical (unpaired) electrons. The summed E-state index contributed by atoms with van der Waals surface area (Å²) in [6.45, 7) is 11.7. The Kier molecular flexibility index (Phi) is 17.0. The van der Waals surface area contributed by atoms with Crippen LogP contribution in [0, 0.1) is 5.41 Å². The number of ether oxygens (including phenoxy) is 7. The van der Waals surface area contributed by atoms with Gasteiger partial charge < -0.3 is 38.9 Å². The van der Waals surface area contributed by atoms with Crippen molar-refractivity contribution in [3.8, 4) is 11.5 Å². The third-order valence-corrected chi connectivity index (χ3v) is 5.47. The van der Waals surface area contributed by atoms with Crippen molar-refractivity contribution in [3.05, 3.63) is 23.8 Å². The first kappa shape index (κ1) is 36.5. The number of nitrogens with two attached hydrogens (primary N) is 1. The summed E-state index contributed by atoms with van der Waals surface area (Å²) in [6.07, 6.45) is 1.56. The zero-order chi connectivity index (χ0) is 31.5. The molecule has 238 valence electrons. The van der Waals surface area contributed by atoms with E-state index in [0.29, 0.717) is 18.4 Å². The maximum absolute atomic E-state index is 12.5. The molecule has 12 heteroatoms. The highest BCUT2D eigenvalue weighted by atomic mass is 16.7. The predicted molar refractivity (Wildman–Crippen MR) is 153 cm³/mol. The highest BCUT2D eigenvalue weighted by Crippen LogP contribution is 2.30. The number of benzene rings is 1. The molecule has 1 aromatic rings. The summed E-state index contributed by atoms with van der Waals surface area (Å²) >= 11 is 0. The molecule has 0 unspecified atom stereocenters. The molecule has 0 heterocycles. The van der Waals surface area contributed by atoms with E-state index < -0.39 is 36.6 Å². The predicted octanol–water partition coefficient (Wildman–Crippen LogP) is 6.10. The first-order chi connectivity index (χ1) is 19.8. The second-order valence-electron chi connectivity index (χ2n) is 11.1. The Bertz CT molecular complexity index is 990. The molecule has 1 rings (SSSR count). The minimum atomic E-state index is -1.09. The molecule has 0 aromatic heterocycles. The van der Waals surface area contributed by atoms with Gasteiger partial charge in [0, 0.05) is 0 Å². The first-order valence-corrected chi connectivity index (χ1v) is 14.4. The maximum Gasteiger partial charge on any atom is 0.513 e. The van der Waals surface area contributed by atoms with E-state index in [0.717, 1.165) is 25.7 Å². The summed E-state index contributed by atoms with van der Waals surface area (Å²) in [5, 5.41) is 0. The molecule has 0 saturated carbocycles. The van der Waals surface area contributed by atoms with Gasteiger partial charge in [0.25, 0.3) is 0 Å². The fourth-order valence-electron chi connectivity index (χ4n) is 3.25. The van der Waals surface area contributed by atoms with Crippen LogP contribution in [0.1, 0.15) is 85.6 Å². The summed E-state index contributed by atoms with van der Waals surface area (Å²) in [7, 11) is 0. The molecule has 1 aromatic carbocycles. The van der Waals surface area contributed by atoms with Crippen LogP contribution in [0.5, 0.6) is 11.5 Å². The number of esters is 1. The molecule has 0 saturated heterocycles. The summed E-state index contributed by atoms with van der Waals surface area (Å²) in [5.41, 5.74) is 6.30. The van der Waals surface area contributed by atoms with Crippen LogP contribution in [-0.4, -0.2) is 63.0 Å². The van der Waals surface area contributed by atoms with Crippen molar-refractivity contribution in [1.82, 2.24) is 0 Å². The smallest absolute Gasteiger partial charge is 0.461 e. The Labute approximate surface area is 248 Å². The molecule has 12 nitrogen and oxygen atoms in total. The van der Waals surface area contributed by atoms with E-state index >= 15 is 0 Å². The van der Waals surface area contributed by atoms with Gasteiger partial charge in [-0.05, 0) is 49.3 Å². The van der Waals surface area contributed by atoms with E-state index in [1.165, 1.54) is 12.1 Å². The van der Waals surface area contributed by atoms with E-state index in [2.05, 4.69) is 0 Å². The average Bonchev–Trinajstić information content (AvgIpc) is 2.92. The van der Waals surface area contributed by atoms with Gasteiger partial charge in [-0.3, -0.25) is 4.79 Å². The van der Waals surface area contributed by atoms with Gasteiger partial charge >= 0.3 is 24.4 Å². The number of hydrogen-bond acceptors (Lipinski definition) is 12. The molecule has 0 aliphatic heterocycles. The molecule has 42 heavy (non-hydrogen) atoms. The molecular formula is C30H47NO11. The third kappa shape index (κ3) is 16.7. The molecular weight excluding hydrogens is 550 g/mol. The van der Waals surface area contributed by atoms with Gasteiger partial charge in [0.1, 0.15) is 18.8 Å². The maximum atomic E-state index is 12.5. The van der Waals surface area contributed by atoms with Crippen LogP contribution in [0.15, 0.2) is 18.2 Å². The zero-order valence-corrected chi connectivity index (χ0v) is 25.7. The standard InChI is InChI=1S/C30H47NO11/c1-7-9-11-15-36-27(33)41-24-14-13-22(18-25(24)42-28(34)37-16-12-10-8-2)17-23(31)26(32)38-19-21(3)40-29(35)39-20-30(4,5)6/h13-14,18,21,23H,7-12,15-17,19-20,31H2,1-6H3/t21-,23-/m0/s1. The van der Waals surface area contributed by atoms with E-state index in [4.69, 9.17) is 38.9 Å². The van der Waals surface area contributed by atoms with Crippen molar-refractivity contribution in [2.45, 2.75) is 98.6 Å². The van der Waals surface area contributed by atoms with Crippen LogP contribution >= 0.6 is 0 Å². The van der Waals surface area contributed by atoms with Crippen LogP contribution in [0.25, 0.3) is 0 Å². The quantitative estimate of drug-likeness (QED) is 0.0953. The van der Waals surface area contributed by atoms with Crippen LogP contribution in [0.4, 0.5) is 14.4 Å². The van der Waals surface area contributed by atoms with Crippen LogP contribution in [-0.2, 0) is 34.9 Å². The minimum absolute atomic E-state index is 0.00531. The molecule has 0 bridgehead atoms. The number of hydrogen-bond donors (Lipinski definition) is 1. The van der Waals surface area contributed by atoms with Gasteiger partial charge in [-0.2, -0.15) is 0 Å². The molecule has 0 fully saturated rings. The fraction of sp³-hybridized carbons (Fsp3) is 0.667. The molecule has 0 aliphatic carbocycles. The summed E-state index contributed by atoms with van der Waals surface area (Å²) in [5.74, 6) is -0.901. The molecule has 0 aliphatic rings. The first-order valence-electron chi connectivity index (χ1n) is 14.4. The van der Waals surface area contributed by atoms with E-state index in [-0.39, 0.29) is 49.8 Å². The molecule has 0 spiro atoms. The van der Waals surface area contributed by atoms with Gasteiger partial charge in [-0.1, -0.05) is 66.4 Å². The molecule has 0 amide bonds. The normalized spacial score (nSPS) is 12.5. The van der Waals surface area contributed by atoms with E-state index in [1.54, 1.807) is 13.0 Å². The van der Waals surface area contributed by atoms with Crippen molar-refractivity contribution >= 4 is 24.4 Å². The Morgan fingerprint density at radius 2 is 1.36 bits per heavy atom. The van der Waals surface area contributed by atoms with Gasteiger partial charge in [0.2, 0.25) is 0 Å². The lowest BCUT2D eigenvalue weighted by atomic mass is 9.99. The lowest BCUT2D eigenvalue weighted by molar-refractivity contribution is -0.148. The summed E-state index contributed by atoms with van der Waals surface area (Å²) in [6, 6.07) is 3.29. The second-order valence-corrected chi connectivity index (χ2v) is 11.1. The lowest BCUT2D eigenvalue weighted by Gasteiger charge is -2.19. The topological polar surface area (TPSA) is 159 Å². The number of carbonyl (C=O) groups excluding carboxylic acids is 4. The van der Waals surface area contributed by atoms with Crippen LogP contribution in [0.3, 0.4) is 0 Å². The van der Waals surface area contributed by atoms with Gasteiger partial charge in [-0.25, -0.2) is 14.4 Å². The van der Waals surface area contributed by atoms with Crippen molar-refractivity contribution in [2.24, 2.45) is 11.1 Å². The largest absolute Gasteiger partial charge is 0.513 e. The SMILES string of the molecule is CCCCCOC(=O)Oc1ccc(C[C@H](N)C(=O)OC[C@H](C)OC(=O)OCC(C)(C)C)cc1OC(=O)OCCCCC. The highest BCUT2D eigenvalue weighted by molar-refractivity contribution is 5.76. The Balaban J connectivity index is 2.78. The van der Waals surface area contributed by atoms with Crippen molar-refractivity contribution < 1.29 is 52.3 Å². The highest BCUT2D eigenvalue weighted by Gasteiger charge is 2.22. The van der Waals surface area contributed by atoms with Crippen molar-refractivity contribution in [3.63, 3.8) is 0 Å². The Morgan fingerprint density at radius 3 is 1.90 bits per heavy atom. The molecule has 2 N–H and O–H groups in total. The monoisotopic (exact) mass is 597 g/mol. The molecule has 2 atom stereocenters. The number of unbranched alkanes of at least 4 members (excludes halogenated alkanes) is 4. The Morgan fingerprint density at radius 1 is 0.786 bits per heavy atom. The van der Waals surface area contributed by atoms with Crippen molar-refractivity contribution in [2.75, 3.05) is 26.4 Å². The lowest BCUT2D eigenvalue weighted by Crippen LogP contribution is -2.36. The number of rotatable bonds is 17. The second kappa shape index (κ2) is 19.6. The van der Waals surface area contributed by atoms with Crippen LogP contribution < -0.4 is 15.2 Å². The Hall–Kier alpha value is -3.54. The number of carbonyl (C=O) groups is 4.